The Morgan fingerprint density at radius 3 is 2.80 bits per heavy atom. The van der Waals surface area contributed by atoms with Gasteiger partial charge in [0.05, 0.1) is 4.91 Å². The number of aliphatic carboxylic acids is 1. The second kappa shape index (κ2) is 3.82. The highest BCUT2D eigenvalue weighted by atomic mass is 32.1. The van der Waals surface area contributed by atoms with Crippen molar-refractivity contribution < 1.29 is 9.90 Å². The van der Waals surface area contributed by atoms with Crippen molar-refractivity contribution in [3.63, 3.8) is 0 Å². The van der Waals surface area contributed by atoms with E-state index >= 15 is 0 Å². The van der Waals surface area contributed by atoms with E-state index in [4.69, 9.17) is 5.11 Å². The van der Waals surface area contributed by atoms with E-state index in [1.54, 1.807) is 0 Å². The summed E-state index contributed by atoms with van der Waals surface area (Å²) in [4.78, 5) is 13.7. The van der Waals surface area contributed by atoms with Gasteiger partial charge in [-0.25, -0.2) is 4.79 Å². The summed E-state index contributed by atoms with van der Waals surface area (Å²) in [5.74, 6) is -1.03. The van der Waals surface area contributed by atoms with Crippen molar-refractivity contribution in [1.29, 1.82) is 0 Å². The molecule has 2 rings (SSSR count). The highest BCUT2D eigenvalue weighted by Crippen LogP contribution is 2.17. The Labute approximate surface area is 91.8 Å². The van der Waals surface area contributed by atoms with E-state index in [0.29, 0.717) is 0 Å². The lowest BCUT2D eigenvalue weighted by molar-refractivity contribution is -0.131. The molecule has 0 atom stereocenters. The summed E-state index contributed by atoms with van der Waals surface area (Å²) >= 11 is 3.86. The molecule has 1 aromatic heterocycles. The molecule has 2 N–H and O–H groups in total. The van der Waals surface area contributed by atoms with E-state index in [9.17, 15) is 4.79 Å². The molecule has 0 fully saturated rings. The third-order valence-electron chi connectivity index (χ3n) is 2.06. The molecule has 0 amide bonds. The fourth-order valence-electron chi connectivity index (χ4n) is 1.38. The SMILES string of the molecule is O=C(O)C(S)=Cc1cc2ccccc2[nH]1. The highest BCUT2D eigenvalue weighted by molar-refractivity contribution is 7.85. The molecule has 0 saturated carbocycles. The van der Waals surface area contributed by atoms with E-state index in [2.05, 4.69) is 17.6 Å². The molecule has 0 spiro atoms. The number of carboxylic acid groups (broad SMARTS) is 1. The zero-order chi connectivity index (χ0) is 10.8. The number of H-pyrrole nitrogens is 1. The first-order valence-corrected chi connectivity index (χ1v) is 4.83. The van der Waals surface area contributed by atoms with Crippen LogP contribution in [0.15, 0.2) is 35.2 Å². The summed E-state index contributed by atoms with van der Waals surface area (Å²) in [6.45, 7) is 0. The highest BCUT2D eigenvalue weighted by Gasteiger charge is 2.03. The van der Waals surface area contributed by atoms with Gasteiger partial charge in [0.25, 0.3) is 0 Å². The van der Waals surface area contributed by atoms with Crippen molar-refractivity contribution >= 4 is 35.6 Å². The van der Waals surface area contributed by atoms with Crippen molar-refractivity contribution in [3.8, 4) is 0 Å². The number of para-hydroxylation sites is 1. The summed E-state index contributed by atoms with van der Waals surface area (Å²) in [6.07, 6.45) is 1.49. The average molecular weight is 219 g/mol. The number of fused-ring (bicyclic) bond motifs is 1. The van der Waals surface area contributed by atoms with Crippen molar-refractivity contribution in [1.82, 2.24) is 4.98 Å². The lowest BCUT2D eigenvalue weighted by Crippen LogP contribution is -1.93. The monoisotopic (exact) mass is 219 g/mol. The van der Waals surface area contributed by atoms with Crippen LogP contribution in [0.3, 0.4) is 0 Å². The number of carbonyl (C=O) groups is 1. The standard InChI is InChI=1S/C11H9NO2S/c13-11(14)10(15)6-8-5-7-3-1-2-4-9(7)12-8/h1-6,12,15H,(H,13,14). The average Bonchev–Trinajstić information content (AvgIpc) is 2.59. The van der Waals surface area contributed by atoms with Gasteiger partial charge in [0, 0.05) is 11.2 Å². The Morgan fingerprint density at radius 2 is 2.13 bits per heavy atom. The van der Waals surface area contributed by atoms with Crippen LogP contribution in [0.1, 0.15) is 5.69 Å². The topological polar surface area (TPSA) is 53.1 Å². The normalized spacial score (nSPS) is 11.9. The molecule has 1 heterocycles. The molecule has 15 heavy (non-hydrogen) atoms. The summed E-state index contributed by atoms with van der Waals surface area (Å²) in [7, 11) is 0. The van der Waals surface area contributed by atoms with E-state index in [0.717, 1.165) is 16.6 Å². The van der Waals surface area contributed by atoms with Gasteiger partial charge in [0.15, 0.2) is 0 Å². The van der Waals surface area contributed by atoms with Crippen LogP contribution in [0.25, 0.3) is 17.0 Å². The number of thiol groups is 1. The first-order chi connectivity index (χ1) is 7.16. The Hall–Kier alpha value is -1.68. The maximum atomic E-state index is 10.6. The molecule has 0 saturated heterocycles. The maximum absolute atomic E-state index is 10.6. The van der Waals surface area contributed by atoms with Gasteiger partial charge in [-0.3, -0.25) is 0 Å². The number of hydrogen-bond acceptors (Lipinski definition) is 2. The van der Waals surface area contributed by atoms with Crippen LogP contribution < -0.4 is 0 Å². The first kappa shape index (κ1) is 9.86. The predicted molar refractivity (Wildman–Crippen MR) is 62.9 cm³/mol. The first-order valence-electron chi connectivity index (χ1n) is 4.38. The van der Waals surface area contributed by atoms with Crippen LogP contribution in [-0.2, 0) is 4.79 Å². The Balaban J connectivity index is 2.46. The molecule has 3 nitrogen and oxygen atoms in total. The Morgan fingerprint density at radius 1 is 1.40 bits per heavy atom. The van der Waals surface area contributed by atoms with Gasteiger partial charge in [-0.05, 0) is 23.6 Å². The molecule has 1 aromatic carbocycles. The second-order valence-electron chi connectivity index (χ2n) is 3.15. The molecule has 0 bridgehead atoms. The van der Waals surface area contributed by atoms with Crippen LogP contribution in [-0.4, -0.2) is 16.1 Å². The van der Waals surface area contributed by atoms with Crippen molar-refractivity contribution in [2.45, 2.75) is 0 Å². The van der Waals surface area contributed by atoms with Gasteiger partial charge in [-0.1, -0.05) is 18.2 Å². The largest absolute Gasteiger partial charge is 0.477 e. The molecule has 76 valence electrons. The number of carboxylic acids is 1. The third-order valence-corrected chi connectivity index (χ3v) is 2.38. The zero-order valence-electron chi connectivity index (χ0n) is 7.77. The third kappa shape index (κ3) is 2.05. The molecule has 2 aromatic rings. The lowest BCUT2D eigenvalue weighted by Gasteiger charge is -1.89. The number of aromatic amines is 1. The van der Waals surface area contributed by atoms with Gasteiger partial charge in [-0.2, -0.15) is 0 Å². The summed E-state index contributed by atoms with van der Waals surface area (Å²) in [6, 6.07) is 9.63. The summed E-state index contributed by atoms with van der Waals surface area (Å²) < 4.78 is 0. The molecule has 0 unspecified atom stereocenters. The van der Waals surface area contributed by atoms with E-state index in [1.807, 2.05) is 30.3 Å². The quantitative estimate of drug-likeness (QED) is 0.537. The smallest absolute Gasteiger partial charge is 0.341 e. The minimum Gasteiger partial charge on any atom is -0.477 e. The van der Waals surface area contributed by atoms with Gasteiger partial charge < -0.3 is 10.1 Å². The fourth-order valence-corrected chi connectivity index (χ4v) is 1.52. The van der Waals surface area contributed by atoms with E-state index in [-0.39, 0.29) is 4.91 Å². The second-order valence-corrected chi connectivity index (χ2v) is 3.63. The molecule has 4 heteroatoms. The van der Waals surface area contributed by atoms with Gasteiger partial charge in [-0.15, -0.1) is 12.6 Å². The number of hydrogen-bond donors (Lipinski definition) is 3. The zero-order valence-corrected chi connectivity index (χ0v) is 8.66. The Kier molecular flexibility index (Phi) is 2.51. The van der Waals surface area contributed by atoms with Crippen LogP contribution in [0.4, 0.5) is 0 Å². The van der Waals surface area contributed by atoms with Gasteiger partial charge in [0.1, 0.15) is 0 Å². The van der Waals surface area contributed by atoms with Crippen LogP contribution in [0.5, 0.6) is 0 Å². The molecule has 0 aliphatic heterocycles. The van der Waals surface area contributed by atoms with Crippen LogP contribution >= 0.6 is 12.6 Å². The maximum Gasteiger partial charge on any atom is 0.341 e. The molecular weight excluding hydrogens is 210 g/mol. The van der Waals surface area contributed by atoms with Crippen molar-refractivity contribution in [2.75, 3.05) is 0 Å². The van der Waals surface area contributed by atoms with E-state index in [1.165, 1.54) is 6.08 Å². The number of nitrogens with one attached hydrogen (secondary N) is 1. The number of rotatable bonds is 2. The van der Waals surface area contributed by atoms with Crippen LogP contribution in [0.2, 0.25) is 0 Å². The van der Waals surface area contributed by atoms with Gasteiger partial charge >= 0.3 is 5.97 Å². The predicted octanol–water partition coefficient (Wildman–Crippen LogP) is 2.52. The van der Waals surface area contributed by atoms with Gasteiger partial charge in [0.2, 0.25) is 0 Å². The minimum absolute atomic E-state index is 0.0153. The minimum atomic E-state index is -1.03. The lowest BCUT2D eigenvalue weighted by atomic mass is 10.2. The molecule has 0 aliphatic rings. The summed E-state index contributed by atoms with van der Waals surface area (Å²) in [5, 5.41) is 9.71. The van der Waals surface area contributed by atoms with Crippen molar-refractivity contribution in [3.05, 3.63) is 40.9 Å². The van der Waals surface area contributed by atoms with E-state index < -0.39 is 5.97 Å². The number of aromatic nitrogens is 1. The fraction of sp³-hybridized carbons (Fsp3) is 0. The molecule has 0 aliphatic carbocycles. The molecular formula is C11H9NO2S. The van der Waals surface area contributed by atoms with Crippen LogP contribution in [0, 0.1) is 0 Å². The molecule has 0 radical (unpaired) electrons. The number of benzene rings is 1. The Bertz CT molecular complexity index is 509. The summed E-state index contributed by atoms with van der Waals surface area (Å²) in [5.41, 5.74) is 1.72. The van der Waals surface area contributed by atoms with Crippen molar-refractivity contribution in [2.24, 2.45) is 0 Å².